The van der Waals surface area contributed by atoms with Gasteiger partial charge in [-0.1, -0.05) is 68.9 Å². The number of nitrogens with two attached hydrogens (primary N) is 1. The van der Waals surface area contributed by atoms with Crippen LogP contribution in [0.2, 0.25) is 0 Å². The molecule has 0 aliphatic heterocycles. The summed E-state index contributed by atoms with van der Waals surface area (Å²) in [5.41, 5.74) is 4.40. The van der Waals surface area contributed by atoms with E-state index in [0.29, 0.717) is 6.04 Å². The molecule has 1 atom stereocenters. The van der Waals surface area contributed by atoms with E-state index < -0.39 is 0 Å². The highest BCUT2D eigenvalue weighted by Crippen LogP contribution is 2.27. The van der Waals surface area contributed by atoms with Gasteiger partial charge in [-0.2, -0.15) is 0 Å². The van der Waals surface area contributed by atoms with Crippen molar-refractivity contribution in [1.29, 1.82) is 0 Å². The van der Waals surface area contributed by atoms with Crippen LogP contribution in [0.3, 0.4) is 0 Å². The quantitative estimate of drug-likeness (QED) is 0.474. The molecule has 0 amide bonds. The number of hydrogen-bond acceptors (Lipinski definition) is 2. The van der Waals surface area contributed by atoms with Crippen LogP contribution >= 0.6 is 0 Å². The van der Waals surface area contributed by atoms with E-state index in [9.17, 15) is 0 Å². The molecule has 2 heteroatoms. The first-order valence-electron chi connectivity index (χ1n) is 7.38. The van der Waals surface area contributed by atoms with Crippen LogP contribution in [0.15, 0.2) is 30.3 Å². The van der Waals surface area contributed by atoms with Crippen molar-refractivity contribution in [2.45, 2.75) is 57.4 Å². The molecule has 18 heavy (non-hydrogen) atoms. The number of hydrogen-bond donors (Lipinski definition) is 2. The second-order valence-corrected chi connectivity index (χ2v) is 5.65. The van der Waals surface area contributed by atoms with Crippen LogP contribution in [0.1, 0.15) is 50.5 Å². The molecule has 0 aromatic heterocycles. The molecule has 0 radical (unpaired) electrons. The third-order valence-electron chi connectivity index (χ3n) is 4.15. The summed E-state index contributed by atoms with van der Waals surface area (Å²) in [6, 6.07) is 11.1. The smallest absolute Gasteiger partial charge is 0.0253 e. The maximum atomic E-state index is 5.73. The van der Waals surface area contributed by atoms with Gasteiger partial charge in [0.25, 0.3) is 0 Å². The lowest BCUT2D eigenvalue weighted by Gasteiger charge is -2.22. The molecule has 2 nitrogen and oxygen atoms in total. The summed E-state index contributed by atoms with van der Waals surface area (Å²) in [6.45, 7) is 0. The van der Waals surface area contributed by atoms with E-state index in [-0.39, 0.29) is 0 Å². The zero-order valence-electron chi connectivity index (χ0n) is 11.3. The van der Waals surface area contributed by atoms with Crippen molar-refractivity contribution in [2.24, 2.45) is 11.8 Å². The highest BCUT2D eigenvalue weighted by atomic mass is 15.2. The van der Waals surface area contributed by atoms with E-state index in [1.807, 2.05) is 0 Å². The highest BCUT2D eigenvalue weighted by Gasteiger charge is 2.17. The van der Waals surface area contributed by atoms with E-state index in [4.69, 9.17) is 5.84 Å². The molecule has 2 rings (SSSR count). The number of rotatable bonds is 5. The summed E-state index contributed by atoms with van der Waals surface area (Å²) >= 11 is 0. The van der Waals surface area contributed by atoms with Gasteiger partial charge in [0.15, 0.2) is 0 Å². The van der Waals surface area contributed by atoms with Gasteiger partial charge < -0.3 is 0 Å². The fourth-order valence-electron chi connectivity index (χ4n) is 3.11. The lowest BCUT2D eigenvalue weighted by Crippen LogP contribution is -2.38. The Morgan fingerprint density at radius 3 is 2.33 bits per heavy atom. The molecular weight excluding hydrogens is 220 g/mol. The number of benzene rings is 1. The monoisotopic (exact) mass is 246 g/mol. The minimum Gasteiger partial charge on any atom is -0.271 e. The lowest BCUT2D eigenvalue weighted by molar-refractivity contribution is 0.352. The van der Waals surface area contributed by atoms with E-state index in [1.54, 1.807) is 0 Å². The van der Waals surface area contributed by atoms with E-state index >= 15 is 0 Å². The summed E-state index contributed by atoms with van der Waals surface area (Å²) in [5.74, 6) is 6.60. The second kappa shape index (κ2) is 7.55. The maximum absolute atomic E-state index is 5.73. The van der Waals surface area contributed by atoms with Gasteiger partial charge in [0.2, 0.25) is 0 Å². The number of hydrazine groups is 1. The Morgan fingerprint density at radius 1 is 1.06 bits per heavy atom. The number of nitrogens with one attached hydrogen (secondary N) is 1. The van der Waals surface area contributed by atoms with Crippen molar-refractivity contribution in [3.63, 3.8) is 0 Å². The lowest BCUT2D eigenvalue weighted by atomic mass is 9.90. The van der Waals surface area contributed by atoms with Crippen molar-refractivity contribution in [3.8, 4) is 0 Å². The largest absolute Gasteiger partial charge is 0.271 e. The summed E-state index contributed by atoms with van der Waals surface area (Å²) in [6.07, 6.45) is 10.7. The van der Waals surface area contributed by atoms with Crippen molar-refractivity contribution in [3.05, 3.63) is 35.9 Å². The van der Waals surface area contributed by atoms with Crippen LogP contribution in [0.25, 0.3) is 0 Å². The van der Waals surface area contributed by atoms with Gasteiger partial charge in [-0.25, -0.2) is 0 Å². The summed E-state index contributed by atoms with van der Waals surface area (Å²) in [5, 5.41) is 0. The predicted molar refractivity (Wildman–Crippen MR) is 77.1 cm³/mol. The normalized spacial score (nSPS) is 19.4. The first kappa shape index (κ1) is 13.6. The molecular formula is C16H26N2. The van der Waals surface area contributed by atoms with Crippen LogP contribution in [0, 0.1) is 5.92 Å². The molecule has 100 valence electrons. The standard InChI is InChI=1S/C16H26N2/c17-18-16(13-15-10-6-3-7-11-15)12-14-8-4-1-2-5-9-14/h3,6-7,10-11,14,16,18H,1-2,4-5,8-9,12-13,17H2. The first-order valence-corrected chi connectivity index (χ1v) is 7.38. The van der Waals surface area contributed by atoms with Crippen LogP contribution in [-0.2, 0) is 6.42 Å². The van der Waals surface area contributed by atoms with Crippen molar-refractivity contribution < 1.29 is 0 Å². The molecule has 1 aliphatic rings. The molecule has 0 heterocycles. The summed E-state index contributed by atoms with van der Waals surface area (Å²) in [7, 11) is 0. The maximum Gasteiger partial charge on any atom is 0.0253 e. The Bertz CT molecular complexity index is 315. The van der Waals surface area contributed by atoms with Gasteiger partial charge >= 0.3 is 0 Å². The molecule has 0 spiro atoms. The van der Waals surface area contributed by atoms with Crippen molar-refractivity contribution in [1.82, 2.24) is 5.43 Å². The highest BCUT2D eigenvalue weighted by molar-refractivity contribution is 5.15. The van der Waals surface area contributed by atoms with Crippen LogP contribution in [0.5, 0.6) is 0 Å². The third kappa shape index (κ3) is 4.43. The fraction of sp³-hybridized carbons (Fsp3) is 0.625. The van der Waals surface area contributed by atoms with Crippen molar-refractivity contribution >= 4 is 0 Å². The second-order valence-electron chi connectivity index (χ2n) is 5.65. The fourth-order valence-corrected chi connectivity index (χ4v) is 3.11. The predicted octanol–water partition coefficient (Wildman–Crippen LogP) is 3.42. The van der Waals surface area contributed by atoms with Crippen LogP contribution < -0.4 is 11.3 Å². The van der Waals surface area contributed by atoms with Crippen LogP contribution in [-0.4, -0.2) is 6.04 Å². The molecule has 1 aromatic rings. The van der Waals surface area contributed by atoms with E-state index in [0.717, 1.165) is 12.3 Å². The van der Waals surface area contributed by atoms with E-state index in [2.05, 4.69) is 35.8 Å². The Morgan fingerprint density at radius 2 is 1.72 bits per heavy atom. The Balaban J connectivity index is 1.84. The molecule has 0 bridgehead atoms. The van der Waals surface area contributed by atoms with Gasteiger partial charge in [0.05, 0.1) is 0 Å². The average Bonchev–Trinajstić information content (AvgIpc) is 2.68. The Labute approximate surface area is 111 Å². The summed E-state index contributed by atoms with van der Waals surface area (Å²) < 4.78 is 0. The van der Waals surface area contributed by atoms with Crippen LogP contribution in [0.4, 0.5) is 0 Å². The summed E-state index contributed by atoms with van der Waals surface area (Å²) in [4.78, 5) is 0. The molecule has 1 saturated carbocycles. The molecule has 1 aliphatic carbocycles. The van der Waals surface area contributed by atoms with Gasteiger partial charge in [0, 0.05) is 6.04 Å². The first-order chi connectivity index (χ1) is 8.88. The topological polar surface area (TPSA) is 38.0 Å². The Kier molecular flexibility index (Phi) is 5.69. The van der Waals surface area contributed by atoms with Gasteiger partial charge in [-0.3, -0.25) is 11.3 Å². The SMILES string of the molecule is NNC(Cc1ccccc1)CC1CCCCCC1. The minimum absolute atomic E-state index is 0.426. The average molecular weight is 246 g/mol. The Hall–Kier alpha value is -0.860. The molecule has 1 unspecified atom stereocenters. The molecule has 0 saturated heterocycles. The van der Waals surface area contributed by atoms with Gasteiger partial charge in [-0.15, -0.1) is 0 Å². The zero-order valence-corrected chi connectivity index (χ0v) is 11.3. The van der Waals surface area contributed by atoms with Gasteiger partial charge in [0.1, 0.15) is 0 Å². The van der Waals surface area contributed by atoms with Gasteiger partial charge in [-0.05, 0) is 24.3 Å². The third-order valence-corrected chi connectivity index (χ3v) is 4.15. The minimum atomic E-state index is 0.426. The molecule has 1 aromatic carbocycles. The van der Waals surface area contributed by atoms with Crippen molar-refractivity contribution in [2.75, 3.05) is 0 Å². The molecule has 1 fully saturated rings. The zero-order chi connectivity index (χ0) is 12.6. The van der Waals surface area contributed by atoms with E-state index in [1.165, 1.54) is 50.5 Å². The molecule has 3 N–H and O–H groups in total.